The molecule has 41 heavy (non-hydrogen) atoms. The van der Waals surface area contributed by atoms with E-state index in [1.54, 1.807) is 0 Å². The van der Waals surface area contributed by atoms with Gasteiger partial charge in [0.15, 0.2) is 0 Å². The van der Waals surface area contributed by atoms with Crippen molar-refractivity contribution in [3.63, 3.8) is 0 Å². The summed E-state index contributed by atoms with van der Waals surface area (Å²) in [6.45, 7) is 14.5. The Balaban J connectivity index is 1.54. The normalized spacial score (nSPS) is 16.6. The van der Waals surface area contributed by atoms with Gasteiger partial charge in [0.2, 0.25) is 0 Å². The van der Waals surface area contributed by atoms with Crippen LogP contribution in [-0.2, 0) is 10.8 Å². The van der Waals surface area contributed by atoms with E-state index in [0.717, 1.165) is 33.3 Å². The van der Waals surface area contributed by atoms with E-state index in [0.29, 0.717) is 0 Å². The number of hydrogen-bond donors (Lipinski definition) is 0. The molecule has 2 nitrogen and oxygen atoms in total. The Kier molecular flexibility index (Phi) is 5.54. The first kappa shape index (κ1) is 25.7. The molecular formula is C39H37NO. The largest absolute Gasteiger partial charge is 0.456 e. The van der Waals surface area contributed by atoms with Gasteiger partial charge in [0, 0.05) is 33.8 Å². The summed E-state index contributed by atoms with van der Waals surface area (Å²) in [7, 11) is 0. The maximum Gasteiger partial charge on any atom is 0.137 e. The minimum atomic E-state index is -0.0130. The summed E-state index contributed by atoms with van der Waals surface area (Å²) in [6, 6.07) is 41.4. The van der Waals surface area contributed by atoms with Gasteiger partial charge in [0.25, 0.3) is 0 Å². The SMILES string of the molecule is CC1(C)c2cc(-c3ccccc3)c(N(c3ccccc3)c3ccc4c(c3)oc3ccccc34)cc2C(C)(C)C1(C)C. The van der Waals surface area contributed by atoms with Crippen molar-refractivity contribution in [2.75, 3.05) is 4.90 Å². The second-order valence-corrected chi connectivity index (χ2v) is 13.1. The third-order valence-electron chi connectivity index (χ3n) is 10.6. The highest BCUT2D eigenvalue weighted by Gasteiger charge is 2.57. The predicted octanol–water partition coefficient (Wildman–Crippen LogP) is 11.3. The molecule has 7 rings (SSSR count). The van der Waals surface area contributed by atoms with Gasteiger partial charge in [-0.1, -0.05) is 108 Å². The first-order valence-electron chi connectivity index (χ1n) is 14.6. The highest BCUT2D eigenvalue weighted by atomic mass is 16.3. The zero-order valence-electron chi connectivity index (χ0n) is 24.8. The van der Waals surface area contributed by atoms with Crippen LogP contribution in [0.15, 0.2) is 120 Å². The summed E-state index contributed by atoms with van der Waals surface area (Å²) in [4.78, 5) is 2.41. The fourth-order valence-corrected chi connectivity index (χ4v) is 6.97. The van der Waals surface area contributed by atoms with E-state index in [4.69, 9.17) is 4.42 Å². The van der Waals surface area contributed by atoms with Crippen molar-refractivity contribution in [3.05, 3.63) is 126 Å². The third-order valence-corrected chi connectivity index (χ3v) is 10.6. The molecule has 1 heterocycles. The molecule has 0 N–H and O–H groups in total. The van der Waals surface area contributed by atoms with E-state index in [1.165, 1.54) is 27.9 Å². The van der Waals surface area contributed by atoms with Crippen LogP contribution in [0.4, 0.5) is 17.1 Å². The Morgan fingerprint density at radius 2 is 1.10 bits per heavy atom. The molecule has 6 aromatic rings. The minimum Gasteiger partial charge on any atom is -0.456 e. The maximum atomic E-state index is 6.36. The highest BCUT2D eigenvalue weighted by Crippen LogP contribution is 2.63. The number of para-hydroxylation sites is 2. The Morgan fingerprint density at radius 1 is 0.512 bits per heavy atom. The summed E-state index contributed by atoms with van der Waals surface area (Å²) in [5.41, 5.74) is 10.6. The quantitative estimate of drug-likeness (QED) is 0.223. The number of benzene rings is 5. The van der Waals surface area contributed by atoms with Crippen LogP contribution in [0.2, 0.25) is 0 Å². The van der Waals surface area contributed by atoms with Gasteiger partial charge in [0.1, 0.15) is 11.2 Å². The summed E-state index contributed by atoms with van der Waals surface area (Å²) in [6.07, 6.45) is 0. The zero-order valence-corrected chi connectivity index (χ0v) is 24.8. The number of hydrogen-bond acceptors (Lipinski definition) is 2. The molecule has 0 amide bonds. The molecule has 0 atom stereocenters. The molecule has 0 saturated heterocycles. The van der Waals surface area contributed by atoms with E-state index in [-0.39, 0.29) is 16.2 Å². The van der Waals surface area contributed by atoms with Gasteiger partial charge in [0.05, 0.1) is 5.69 Å². The first-order chi connectivity index (χ1) is 19.6. The van der Waals surface area contributed by atoms with Crippen LogP contribution in [0, 0.1) is 5.41 Å². The fraction of sp³-hybridized carbons (Fsp3) is 0.231. The number of rotatable bonds is 4. The molecule has 1 aromatic heterocycles. The van der Waals surface area contributed by atoms with Gasteiger partial charge in [-0.2, -0.15) is 0 Å². The van der Waals surface area contributed by atoms with Crippen molar-refractivity contribution in [2.24, 2.45) is 5.41 Å². The number of furan rings is 1. The lowest BCUT2D eigenvalue weighted by Crippen LogP contribution is -2.42. The Hall–Kier alpha value is -4.30. The Bertz CT molecular complexity index is 1910. The van der Waals surface area contributed by atoms with Gasteiger partial charge in [-0.15, -0.1) is 0 Å². The van der Waals surface area contributed by atoms with Crippen LogP contribution in [-0.4, -0.2) is 0 Å². The minimum absolute atomic E-state index is 0.0126. The van der Waals surface area contributed by atoms with Crippen molar-refractivity contribution >= 4 is 39.0 Å². The molecule has 1 aliphatic carbocycles. The van der Waals surface area contributed by atoms with Gasteiger partial charge in [-0.05, 0) is 75.4 Å². The Morgan fingerprint density at radius 3 is 1.80 bits per heavy atom. The standard InChI is InChI=1S/C39H37NO/c1-37(2)32-24-31(26-15-9-7-10-16-26)34(25-33(32)38(3,4)39(37,5)6)40(27-17-11-8-12-18-27)28-21-22-30-29-19-13-14-20-35(29)41-36(30)23-28/h7-25H,1-6H3. The fourth-order valence-electron chi connectivity index (χ4n) is 6.97. The van der Waals surface area contributed by atoms with Gasteiger partial charge < -0.3 is 9.32 Å². The molecule has 0 spiro atoms. The summed E-state index contributed by atoms with van der Waals surface area (Å²) in [5, 5.41) is 2.29. The van der Waals surface area contributed by atoms with E-state index < -0.39 is 0 Å². The second-order valence-electron chi connectivity index (χ2n) is 13.1. The number of anilines is 3. The molecule has 0 fully saturated rings. The Labute approximate surface area is 243 Å². The van der Waals surface area contributed by atoms with Crippen molar-refractivity contribution in [1.29, 1.82) is 0 Å². The zero-order chi connectivity index (χ0) is 28.6. The molecule has 0 bridgehead atoms. The van der Waals surface area contributed by atoms with Gasteiger partial charge in [-0.3, -0.25) is 0 Å². The van der Waals surface area contributed by atoms with Crippen LogP contribution in [0.25, 0.3) is 33.1 Å². The summed E-state index contributed by atoms with van der Waals surface area (Å²) < 4.78 is 6.36. The highest BCUT2D eigenvalue weighted by molar-refractivity contribution is 6.06. The molecular weight excluding hydrogens is 498 g/mol. The summed E-state index contributed by atoms with van der Waals surface area (Å²) in [5.74, 6) is 0. The van der Waals surface area contributed by atoms with Crippen LogP contribution in [0.1, 0.15) is 52.7 Å². The number of fused-ring (bicyclic) bond motifs is 4. The van der Waals surface area contributed by atoms with E-state index in [1.807, 2.05) is 12.1 Å². The monoisotopic (exact) mass is 535 g/mol. The summed E-state index contributed by atoms with van der Waals surface area (Å²) >= 11 is 0. The van der Waals surface area contributed by atoms with Crippen molar-refractivity contribution in [3.8, 4) is 11.1 Å². The molecule has 0 saturated carbocycles. The lowest BCUT2D eigenvalue weighted by atomic mass is 9.59. The van der Waals surface area contributed by atoms with Crippen molar-refractivity contribution in [2.45, 2.75) is 52.4 Å². The first-order valence-corrected chi connectivity index (χ1v) is 14.6. The maximum absolute atomic E-state index is 6.36. The van der Waals surface area contributed by atoms with E-state index >= 15 is 0 Å². The molecule has 5 aromatic carbocycles. The molecule has 2 heteroatoms. The predicted molar refractivity (Wildman–Crippen MR) is 174 cm³/mol. The van der Waals surface area contributed by atoms with Crippen LogP contribution in [0.3, 0.4) is 0 Å². The topological polar surface area (TPSA) is 16.4 Å². The molecule has 0 unspecified atom stereocenters. The molecule has 0 aliphatic heterocycles. The lowest BCUT2D eigenvalue weighted by Gasteiger charge is -2.44. The van der Waals surface area contributed by atoms with E-state index in [9.17, 15) is 0 Å². The smallest absolute Gasteiger partial charge is 0.137 e. The average molecular weight is 536 g/mol. The molecule has 204 valence electrons. The molecule has 0 radical (unpaired) electrons. The van der Waals surface area contributed by atoms with Crippen LogP contribution in [0.5, 0.6) is 0 Å². The third kappa shape index (κ3) is 3.63. The van der Waals surface area contributed by atoms with Gasteiger partial charge in [-0.25, -0.2) is 0 Å². The van der Waals surface area contributed by atoms with Crippen LogP contribution < -0.4 is 4.90 Å². The van der Waals surface area contributed by atoms with Crippen molar-refractivity contribution in [1.82, 2.24) is 0 Å². The van der Waals surface area contributed by atoms with Crippen LogP contribution >= 0.6 is 0 Å². The average Bonchev–Trinajstić information content (AvgIpc) is 3.39. The number of nitrogens with zero attached hydrogens (tertiary/aromatic N) is 1. The molecule has 1 aliphatic rings. The lowest BCUT2D eigenvalue weighted by molar-refractivity contribution is 0.125. The van der Waals surface area contributed by atoms with E-state index in [2.05, 4.69) is 150 Å². The van der Waals surface area contributed by atoms with Gasteiger partial charge >= 0.3 is 0 Å². The second kappa shape index (κ2) is 8.85. The van der Waals surface area contributed by atoms with Crippen molar-refractivity contribution < 1.29 is 4.42 Å².